The predicted molar refractivity (Wildman–Crippen MR) is 93.8 cm³/mol. The molecule has 2 aromatic carbocycles. The average molecular weight is 331 g/mol. The summed E-state index contributed by atoms with van der Waals surface area (Å²) >= 11 is 6.24. The first kappa shape index (κ1) is 15.7. The lowest BCUT2D eigenvalue weighted by molar-refractivity contribution is 0.102. The molecule has 1 saturated heterocycles. The van der Waals surface area contributed by atoms with E-state index in [0.29, 0.717) is 22.0 Å². The Labute approximate surface area is 141 Å². The van der Waals surface area contributed by atoms with Crippen LogP contribution in [0.25, 0.3) is 0 Å². The SMILES string of the molecule is COc1ccccc1C(=O)Nc1cc(N2CCCC2)ccc1Cl. The monoisotopic (exact) mass is 330 g/mol. The minimum Gasteiger partial charge on any atom is -0.496 e. The highest BCUT2D eigenvalue weighted by Crippen LogP contribution is 2.30. The number of rotatable bonds is 4. The summed E-state index contributed by atoms with van der Waals surface area (Å²) in [5.74, 6) is 0.305. The molecule has 1 N–H and O–H groups in total. The topological polar surface area (TPSA) is 41.6 Å². The second-order valence-corrected chi connectivity index (χ2v) is 5.92. The lowest BCUT2D eigenvalue weighted by Gasteiger charge is -2.19. The Morgan fingerprint density at radius 1 is 1.17 bits per heavy atom. The zero-order valence-corrected chi connectivity index (χ0v) is 13.8. The van der Waals surface area contributed by atoms with E-state index in [9.17, 15) is 4.79 Å². The first-order chi connectivity index (χ1) is 11.2. The maximum absolute atomic E-state index is 12.5. The molecule has 3 rings (SSSR count). The number of anilines is 2. The van der Waals surface area contributed by atoms with Crippen LogP contribution in [0.5, 0.6) is 5.75 Å². The van der Waals surface area contributed by atoms with Gasteiger partial charge in [-0.15, -0.1) is 0 Å². The van der Waals surface area contributed by atoms with Gasteiger partial charge in [0.1, 0.15) is 5.75 Å². The van der Waals surface area contributed by atoms with Gasteiger partial charge in [-0.2, -0.15) is 0 Å². The molecule has 5 heteroatoms. The molecular formula is C18H19ClN2O2. The maximum Gasteiger partial charge on any atom is 0.259 e. The molecule has 4 nitrogen and oxygen atoms in total. The average Bonchev–Trinajstić information content (AvgIpc) is 3.11. The van der Waals surface area contributed by atoms with Crippen LogP contribution in [0.3, 0.4) is 0 Å². The molecule has 0 radical (unpaired) electrons. The molecule has 1 fully saturated rings. The lowest BCUT2D eigenvalue weighted by Crippen LogP contribution is -2.18. The third kappa shape index (κ3) is 3.42. The van der Waals surface area contributed by atoms with Gasteiger partial charge in [-0.3, -0.25) is 4.79 Å². The van der Waals surface area contributed by atoms with Gasteiger partial charge in [0.15, 0.2) is 0 Å². The summed E-state index contributed by atoms with van der Waals surface area (Å²) in [6.45, 7) is 2.09. The molecule has 1 aliphatic heterocycles. The van der Waals surface area contributed by atoms with E-state index in [0.717, 1.165) is 18.8 Å². The third-order valence-corrected chi connectivity index (χ3v) is 4.35. The molecule has 0 saturated carbocycles. The number of methoxy groups -OCH3 is 1. The Hall–Kier alpha value is -2.20. The third-order valence-electron chi connectivity index (χ3n) is 4.02. The number of nitrogens with one attached hydrogen (secondary N) is 1. The number of para-hydroxylation sites is 1. The first-order valence-electron chi connectivity index (χ1n) is 7.68. The molecule has 1 aliphatic rings. The summed E-state index contributed by atoms with van der Waals surface area (Å²) in [5, 5.41) is 3.41. The fourth-order valence-electron chi connectivity index (χ4n) is 2.80. The smallest absolute Gasteiger partial charge is 0.259 e. The molecule has 0 atom stereocenters. The van der Waals surface area contributed by atoms with Crippen LogP contribution in [-0.4, -0.2) is 26.1 Å². The Morgan fingerprint density at radius 3 is 2.65 bits per heavy atom. The summed E-state index contributed by atoms with van der Waals surface area (Å²) in [4.78, 5) is 14.8. The van der Waals surface area contributed by atoms with Crippen LogP contribution in [0.15, 0.2) is 42.5 Å². The second-order valence-electron chi connectivity index (χ2n) is 5.51. The molecule has 23 heavy (non-hydrogen) atoms. The Morgan fingerprint density at radius 2 is 1.91 bits per heavy atom. The van der Waals surface area contributed by atoms with E-state index < -0.39 is 0 Å². The maximum atomic E-state index is 12.5. The number of carbonyl (C=O) groups excluding carboxylic acids is 1. The molecule has 0 spiro atoms. The van der Waals surface area contributed by atoms with Crippen LogP contribution in [0, 0.1) is 0 Å². The molecule has 120 valence electrons. The summed E-state index contributed by atoms with van der Waals surface area (Å²) < 4.78 is 5.24. The van der Waals surface area contributed by atoms with Gasteiger partial charge < -0.3 is 15.0 Å². The summed E-state index contributed by atoms with van der Waals surface area (Å²) in [5.41, 5.74) is 2.19. The van der Waals surface area contributed by atoms with Gasteiger partial charge in [0.05, 0.1) is 23.4 Å². The highest BCUT2D eigenvalue weighted by Gasteiger charge is 2.16. The van der Waals surface area contributed by atoms with Crippen molar-refractivity contribution in [2.24, 2.45) is 0 Å². The number of benzene rings is 2. The second kappa shape index (κ2) is 6.92. The van der Waals surface area contributed by atoms with Crippen molar-refractivity contribution >= 4 is 28.9 Å². The fraction of sp³-hybridized carbons (Fsp3) is 0.278. The highest BCUT2D eigenvalue weighted by molar-refractivity contribution is 6.34. The van der Waals surface area contributed by atoms with Crippen LogP contribution in [0.1, 0.15) is 23.2 Å². The van der Waals surface area contributed by atoms with Crippen molar-refractivity contribution in [3.63, 3.8) is 0 Å². The van der Waals surface area contributed by atoms with Crippen molar-refractivity contribution < 1.29 is 9.53 Å². The van der Waals surface area contributed by atoms with Crippen LogP contribution in [0.2, 0.25) is 5.02 Å². The largest absolute Gasteiger partial charge is 0.496 e. The minimum absolute atomic E-state index is 0.233. The summed E-state index contributed by atoms with van der Waals surface area (Å²) in [6, 6.07) is 12.9. The van der Waals surface area contributed by atoms with Gasteiger partial charge in [-0.05, 0) is 43.2 Å². The van der Waals surface area contributed by atoms with Gasteiger partial charge in [-0.25, -0.2) is 0 Å². The van der Waals surface area contributed by atoms with Crippen molar-refractivity contribution in [3.8, 4) is 5.75 Å². The standard InChI is InChI=1S/C18H19ClN2O2/c1-23-17-7-3-2-6-14(17)18(22)20-16-12-13(8-9-15(16)19)21-10-4-5-11-21/h2-3,6-9,12H,4-5,10-11H2,1H3,(H,20,22). The Balaban J connectivity index is 1.84. The first-order valence-corrected chi connectivity index (χ1v) is 8.05. The number of amides is 1. The lowest BCUT2D eigenvalue weighted by atomic mass is 10.1. The quantitative estimate of drug-likeness (QED) is 0.913. The Bertz CT molecular complexity index is 712. The van der Waals surface area contributed by atoms with Crippen LogP contribution >= 0.6 is 11.6 Å². The van der Waals surface area contributed by atoms with Crippen molar-refractivity contribution in [2.75, 3.05) is 30.4 Å². The van der Waals surface area contributed by atoms with E-state index >= 15 is 0 Å². The van der Waals surface area contributed by atoms with Crippen molar-refractivity contribution in [2.45, 2.75) is 12.8 Å². The van der Waals surface area contributed by atoms with Gasteiger partial charge in [-0.1, -0.05) is 23.7 Å². The Kier molecular flexibility index (Phi) is 4.72. The van der Waals surface area contributed by atoms with E-state index in [1.54, 1.807) is 25.3 Å². The zero-order valence-electron chi connectivity index (χ0n) is 13.0. The molecule has 0 aromatic heterocycles. The molecule has 1 heterocycles. The van der Waals surface area contributed by atoms with E-state index in [1.807, 2.05) is 24.3 Å². The molecular weight excluding hydrogens is 312 g/mol. The van der Waals surface area contributed by atoms with E-state index in [2.05, 4.69) is 10.2 Å². The van der Waals surface area contributed by atoms with Gasteiger partial charge in [0.25, 0.3) is 5.91 Å². The predicted octanol–water partition coefficient (Wildman–Crippen LogP) is 4.20. The van der Waals surface area contributed by atoms with Crippen LogP contribution in [-0.2, 0) is 0 Å². The summed E-state index contributed by atoms with van der Waals surface area (Å²) in [7, 11) is 1.55. The molecule has 2 aromatic rings. The van der Waals surface area contributed by atoms with Crippen molar-refractivity contribution in [1.29, 1.82) is 0 Å². The number of nitrogens with zero attached hydrogens (tertiary/aromatic N) is 1. The van der Waals surface area contributed by atoms with Crippen molar-refractivity contribution in [3.05, 3.63) is 53.1 Å². The highest BCUT2D eigenvalue weighted by atomic mass is 35.5. The zero-order chi connectivity index (χ0) is 16.2. The molecule has 0 unspecified atom stereocenters. The van der Waals surface area contributed by atoms with Crippen LogP contribution in [0.4, 0.5) is 11.4 Å². The number of halogens is 1. The van der Waals surface area contributed by atoms with Crippen molar-refractivity contribution in [1.82, 2.24) is 0 Å². The fourth-order valence-corrected chi connectivity index (χ4v) is 2.97. The van der Waals surface area contributed by atoms with E-state index in [1.165, 1.54) is 12.8 Å². The number of hydrogen-bond acceptors (Lipinski definition) is 3. The number of ether oxygens (including phenoxy) is 1. The summed E-state index contributed by atoms with van der Waals surface area (Å²) in [6.07, 6.45) is 2.40. The molecule has 0 bridgehead atoms. The normalized spacial score (nSPS) is 13.9. The van der Waals surface area contributed by atoms with Gasteiger partial charge in [0.2, 0.25) is 0 Å². The van der Waals surface area contributed by atoms with E-state index in [4.69, 9.17) is 16.3 Å². The van der Waals surface area contributed by atoms with Gasteiger partial charge in [0, 0.05) is 18.8 Å². The molecule has 0 aliphatic carbocycles. The minimum atomic E-state index is -0.233. The van der Waals surface area contributed by atoms with Gasteiger partial charge >= 0.3 is 0 Å². The number of hydrogen-bond donors (Lipinski definition) is 1. The van der Waals surface area contributed by atoms with E-state index in [-0.39, 0.29) is 5.91 Å². The molecule has 1 amide bonds. The number of carbonyl (C=O) groups is 1. The van der Waals surface area contributed by atoms with Crippen LogP contribution < -0.4 is 15.0 Å².